The van der Waals surface area contributed by atoms with Crippen LogP contribution in [0.5, 0.6) is 5.75 Å². The Morgan fingerprint density at radius 1 is 1.03 bits per heavy atom. The van der Waals surface area contributed by atoms with Crippen molar-refractivity contribution in [3.05, 3.63) is 126 Å². The molecular formula is C29H24N2O2S. The molecule has 6 rings (SSSR count). The molecule has 1 atom stereocenters. The van der Waals surface area contributed by atoms with E-state index >= 15 is 0 Å². The fraction of sp³-hybridized carbons (Fsp3) is 0.172. The summed E-state index contributed by atoms with van der Waals surface area (Å²) in [6.45, 7) is 2.01. The van der Waals surface area contributed by atoms with Gasteiger partial charge in [0.2, 0.25) is 0 Å². The van der Waals surface area contributed by atoms with E-state index in [-0.39, 0.29) is 11.6 Å². The van der Waals surface area contributed by atoms with Gasteiger partial charge in [0.15, 0.2) is 4.80 Å². The first-order valence-electron chi connectivity index (χ1n) is 11.5. The van der Waals surface area contributed by atoms with E-state index in [1.165, 1.54) is 28.0 Å². The molecule has 0 unspecified atom stereocenters. The number of methoxy groups -OCH3 is 1. The molecule has 4 nitrogen and oxygen atoms in total. The van der Waals surface area contributed by atoms with Gasteiger partial charge in [0.05, 0.1) is 23.4 Å². The molecule has 0 radical (unpaired) electrons. The lowest BCUT2D eigenvalue weighted by molar-refractivity contribution is 0.411. The first kappa shape index (κ1) is 20.9. The van der Waals surface area contributed by atoms with Crippen molar-refractivity contribution in [3.8, 4) is 5.75 Å². The minimum atomic E-state index is -0.143. The Hall–Kier alpha value is -3.70. The fourth-order valence-corrected chi connectivity index (χ4v) is 6.04. The zero-order valence-electron chi connectivity index (χ0n) is 19.1. The lowest BCUT2D eigenvalue weighted by atomic mass is 9.83. The minimum absolute atomic E-state index is 0.00236. The number of hydrogen-bond acceptors (Lipinski definition) is 4. The van der Waals surface area contributed by atoms with Gasteiger partial charge in [-0.2, -0.15) is 0 Å². The van der Waals surface area contributed by atoms with Crippen LogP contribution in [0.1, 0.15) is 40.3 Å². The molecule has 0 spiro atoms. The van der Waals surface area contributed by atoms with Gasteiger partial charge >= 0.3 is 0 Å². The van der Waals surface area contributed by atoms with Crippen molar-refractivity contribution in [2.24, 2.45) is 4.99 Å². The number of thiazole rings is 1. The number of fused-ring (bicyclic) bond motifs is 3. The van der Waals surface area contributed by atoms with Gasteiger partial charge in [0.25, 0.3) is 5.56 Å². The normalized spacial score (nSPS) is 17.0. The molecule has 3 aromatic carbocycles. The molecule has 0 fully saturated rings. The molecule has 1 aliphatic carbocycles. The maximum atomic E-state index is 13.8. The second kappa shape index (κ2) is 8.26. The first-order chi connectivity index (χ1) is 16.6. The Balaban J connectivity index is 1.60. The van der Waals surface area contributed by atoms with Crippen LogP contribution in [0.3, 0.4) is 0 Å². The zero-order valence-corrected chi connectivity index (χ0v) is 19.9. The molecule has 0 bridgehead atoms. The van der Waals surface area contributed by atoms with Crippen molar-refractivity contribution in [3.63, 3.8) is 0 Å². The largest absolute Gasteiger partial charge is 0.496 e. The van der Waals surface area contributed by atoms with E-state index < -0.39 is 0 Å². The summed E-state index contributed by atoms with van der Waals surface area (Å²) in [5.74, 6) is 0.816. The number of aromatic nitrogens is 1. The molecule has 2 aliphatic rings. The number of nitrogens with zero attached hydrogens (tertiary/aromatic N) is 2. The highest BCUT2D eigenvalue weighted by molar-refractivity contribution is 7.07. The summed E-state index contributed by atoms with van der Waals surface area (Å²) < 4.78 is 8.05. The van der Waals surface area contributed by atoms with Crippen LogP contribution in [0.25, 0.3) is 11.8 Å². The molecular weight excluding hydrogens is 440 g/mol. The van der Waals surface area contributed by atoms with Gasteiger partial charge in [-0.3, -0.25) is 9.36 Å². The Morgan fingerprint density at radius 3 is 2.65 bits per heavy atom. The molecule has 0 amide bonds. The van der Waals surface area contributed by atoms with Crippen molar-refractivity contribution in [2.75, 3.05) is 7.11 Å². The van der Waals surface area contributed by atoms with E-state index in [0.29, 0.717) is 4.53 Å². The molecule has 0 saturated heterocycles. The molecule has 0 N–H and O–H groups in total. The topological polar surface area (TPSA) is 43.6 Å². The van der Waals surface area contributed by atoms with Crippen LogP contribution in [0, 0.1) is 6.92 Å². The summed E-state index contributed by atoms with van der Waals surface area (Å²) in [4.78, 5) is 19.6. The molecule has 1 aliphatic heterocycles. The highest BCUT2D eigenvalue weighted by atomic mass is 32.1. The number of hydrogen-bond donors (Lipinski definition) is 0. The summed E-state index contributed by atoms with van der Waals surface area (Å²) in [6, 6.07) is 24.7. The lowest BCUT2D eigenvalue weighted by Crippen LogP contribution is -2.38. The second-order valence-corrected chi connectivity index (χ2v) is 9.76. The van der Waals surface area contributed by atoms with Crippen LogP contribution < -0.4 is 19.6 Å². The van der Waals surface area contributed by atoms with Crippen LogP contribution in [0.15, 0.2) is 88.2 Å². The van der Waals surface area contributed by atoms with Crippen molar-refractivity contribution in [1.82, 2.24) is 4.57 Å². The predicted octanol–water partition coefficient (Wildman–Crippen LogP) is 4.64. The number of ether oxygens (including phenoxy) is 1. The van der Waals surface area contributed by atoms with E-state index in [1.54, 1.807) is 7.11 Å². The second-order valence-electron chi connectivity index (χ2n) is 8.75. The van der Waals surface area contributed by atoms with Gasteiger partial charge in [0.1, 0.15) is 5.75 Å². The Labute approximate surface area is 201 Å². The van der Waals surface area contributed by atoms with Gasteiger partial charge in [-0.15, -0.1) is 0 Å². The molecule has 4 aromatic rings. The van der Waals surface area contributed by atoms with Crippen molar-refractivity contribution in [2.45, 2.75) is 25.8 Å². The Bertz CT molecular complexity index is 1630. The van der Waals surface area contributed by atoms with Gasteiger partial charge in [-0.05, 0) is 59.7 Å². The lowest BCUT2D eigenvalue weighted by Gasteiger charge is -2.30. The van der Waals surface area contributed by atoms with Crippen molar-refractivity contribution < 1.29 is 4.74 Å². The SMILES string of the molecule is COc1cc(/C=c2/sc3n(c2=O)[C@@H](c2ccccc2)C2=C(N=3)c3ccccc3CC2)ccc1C. The van der Waals surface area contributed by atoms with Crippen LogP contribution in [0.4, 0.5) is 0 Å². The minimum Gasteiger partial charge on any atom is -0.496 e. The molecule has 34 heavy (non-hydrogen) atoms. The first-order valence-corrected chi connectivity index (χ1v) is 12.3. The van der Waals surface area contributed by atoms with E-state index in [9.17, 15) is 4.79 Å². The van der Waals surface area contributed by atoms with Gasteiger partial charge in [0, 0.05) is 5.56 Å². The van der Waals surface area contributed by atoms with Crippen LogP contribution in [-0.2, 0) is 6.42 Å². The average molecular weight is 465 g/mol. The maximum absolute atomic E-state index is 13.8. The van der Waals surface area contributed by atoms with E-state index in [4.69, 9.17) is 9.73 Å². The number of benzene rings is 3. The third-order valence-electron chi connectivity index (χ3n) is 6.72. The standard InChI is InChI=1S/C29H24N2O2S/c1-18-12-13-19(16-24(18)33-2)17-25-28(32)31-27(21-9-4-3-5-10-21)23-15-14-20-8-6-7-11-22(20)26(23)30-29(31)34-25/h3-13,16-17,27H,14-15H2,1-2H3/b25-17+/t27-/m0/s1. The third-order valence-corrected chi connectivity index (χ3v) is 7.70. The smallest absolute Gasteiger partial charge is 0.271 e. The monoisotopic (exact) mass is 464 g/mol. The highest BCUT2D eigenvalue weighted by Crippen LogP contribution is 2.41. The summed E-state index contributed by atoms with van der Waals surface area (Å²) in [7, 11) is 1.67. The molecule has 5 heteroatoms. The molecule has 0 saturated carbocycles. The van der Waals surface area contributed by atoms with Crippen molar-refractivity contribution >= 4 is 23.1 Å². The Kier molecular flexibility index (Phi) is 5.07. The van der Waals surface area contributed by atoms with Gasteiger partial charge in [-0.25, -0.2) is 4.99 Å². The van der Waals surface area contributed by atoms with Crippen LogP contribution in [-0.4, -0.2) is 11.7 Å². The highest BCUT2D eigenvalue weighted by Gasteiger charge is 2.32. The van der Waals surface area contributed by atoms with E-state index in [0.717, 1.165) is 45.8 Å². The van der Waals surface area contributed by atoms with E-state index in [2.05, 4.69) is 36.4 Å². The summed E-state index contributed by atoms with van der Waals surface area (Å²) in [5, 5.41) is 0. The summed E-state index contributed by atoms with van der Waals surface area (Å²) >= 11 is 1.46. The van der Waals surface area contributed by atoms with Crippen LogP contribution >= 0.6 is 11.3 Å². The van der Waals surface area contributed by atoms with E-state index in [1.807, 2.05) is 54.0 Å². The van der Waals surface area contributed by atoms with Crippen LogP contribution in [0.2, 0.25) is 0 Å². The zero-order chi connectivity index (χ0) is 23.2. The summed E-state index contributed by atoms with van der Waals surface area (Å²) in [5.41, 5.74) is 7.89. The molecule has 1 aromatic heterocycles. The number of aryl methyl sites for hydroxylation is 2. The van der Waals surface area contributed by atoms with Gasteiger partial charge in [-0.1, -0.05) is 78.1 Å². The predicted molar refractivity (Wildman–Crippen MR) is 137 cm³/mol. The van der Waals surface area contributed by atoms with Gasteiger partial charge < -0.3 is 4.74 Å². The number of rotatable bonds is 3. The average Bonchev–Trinajstić information content (AvgIpc) is 3.18. The molecule has 2 heterocycles. The Morgan fingerprint density at radius 2 is 1.82 bits per heavy atom. The maximum Gasteiger partial charge on any atom is 0.271 e. The fourth-order valence-electron chi connectivity index (χ4n) is 5.04. The third kappa shape index (κ3) is 3.35. The summed E-state index contributed by atoms with van der Waals surface area (Å²) in [6.07, 6.45) is 3.81. The number of allylic oxidation sites excluding steroid dienone is 1. The quantitative estimate of drug-likeness (QED) is 0.444. The van der Waals surface area contributed by atoms with Crippen molar-refractivity contribution in [1.29, 1.82) is 0 Å². The molecule has 168 valence electrons.